The molecular weight excluding hydrogens is 202 g/mol. The lowest BCUT2D eigenvalue weighted by Gasteiger charge is -2.09. The van der Waals surface area contributed by atoms with Crippen molar-refractivity contribution in [2.45, 2.75) is 10.2 Å². The predicted octanol–water partition coefficient (Wildman–Crippen LogP) is 3.40. The van der Waals surface area contributed by atoms with E-state index < -0.39 is 3.79 Å². The van der Waals surface area contributed by atoms with Gasteiger partial charge in [-0.2, -0.15) is 0 Å². The van der Waals surface area contributed by atoms with Gasteiger partial charge >= 0.3 is 0 Å². The molecule has 0 atom stereocenters. The zero-order chi connectivity index (χ0) is 8.32. The molecule has 1 aromatic rings. The Morgan fingerprint density at radius 3 is 2.18 bits per heavy atom. The Kier molecular flexibility index (Phi) is 3.06. The van der Waals surface area contributed by atoms with Crippen LogP contribution in [-0.4, -0.2) is 3.79 Å². The van der Waals surface area contributed by atoms with Gasteiger partial charge in [0.1, 0.15) is 0 Å². The second-order valence-corrected chi connectivity index (χ2v) is 4.72. The molecule has 0 aliphatic carbocycles. The Bertz CT molecular complexity index is 213. The van der Waals surface area contributed by atoms with Gasteiger partial charge in [-0.1, -0.05) is 59.1 Å². The van der Waals surface area contributed by atoms with Crippen molar-refractivity contribution >= 4 is 34.8 Å². The van der Waals surface area contributed by atoms with E-state index in [4.69, 9.17) is 34.8 Å². The van der Waals surface area contributed by atoms with Crippen molar-refractivity contribution in [3.63, 3.8) is 0 Å². The van der Waals surface area contributed by atoms with Crippen LogP contribution < -0.4 is 0 Å². The molecule has 0 aromatic heterocycles. The topological polar surface area (TPSA) is 0 Å². The largest absolute Gasteiger partial charge is 0.194 e. The van der Waals surface area contributed by atoms with Crippen molar-refractivity contribution in [2.24, 2.45) is 0 Å². The van der Waals surface area contributed by atoms with Crippen molar-refractivity contribution < 1.29 is 0 Å². The average Bonchev–Trinajstić information content (AvgIpc) is 1.85. The maximum Gasteiger partial charge on any atom is 0.194 e. The maximum absolute atomic E-state index is 5.59. The Balaban J connectivity index is 2.66. The maximum atomic E-state index is 5.59. The van der Waals surface area contributed by atoms with Gasteiger partial charge in [-0.25, -0.2) is 0 Å². The summed E-state index contributed by atoms with van der Waals surface area (Å²) in [5, 5.41) is 0. The zero-order valence-electron chi connectivity index (χ0n) is 5.65. The number of hydrogen-bond acceptors (Lipinski definition) is 0. The van der Waals surface area contributed by atoms with Crippen LogP contribution in [0.5, 0.6) is 0 Å². The van der Waals surface area contributed by atoms with E-state index in [9.17, 15) is 0 Å². The summed E-state index contributed by atoms with van der Waals surface area (Å²) in [6, 6.07) is 10.2. The molecular formula is C8H6Cl3. The molecule has 0 bridgehead atoms. The van der Waals surface area contributed by atoms with Gasteiger partial charge in [0.2, 0.25) is 0 Å². The standard InChI is InChI=1S/C8H6Cl3/c9-8(10,11)6-7-4-2-1-3-5-7/h2-5H,6H2. The van der Waals surface area contributed by atoms with E-state index in [-0.39, 0.29) is 0 Å². The molecule has 59 valence electrons. The van der Waals surface area contributed by atoms with Crippen LogP contribution in [0.3, 0.4) is 0 Å². The summed E-state index contributed by atoms with van der Waals surface area (Å²) < 4.78 is -1.19. The third kappa shape index (κ3) is 3.85. The van der Waals surface area contributed by atoms with Gasteiger partial charge in [0, 0.05) is 6.42 Å². The first-order chi connectivity index (χ1) is 5.08. The second kappa shape index (κ2) is 3.66. The minimum absolute atomic E-state index is 0.437. The summed E-state index contributed by atoms with van der Waals surface area (Å²) in [6.45, 7) is 0. The highest BCUT2D eigenvalue weighted by atomic mass is 35.6. The fraction of sp³-hybridized carbons (Fsp3) is 0.250. The third-order valence-corrected chi connectivity index (χ3v) is 1.59. The molecule has 1 aromatic carbocycles. The minimum atomic E-state index is -1.19. The van der Waals surface area contributed by atoms with Gasteiger partial charge < -0.3 is 0 Å². The first-order valence-corrected chi connectivity index (χ1v) is 4.23. The van der Waals surface area contributed by atoms with Crippen LogP contribution in [0.4, 0.5) is 0 Å². The van der Waals surface area contributed by atoms with Crippen molar-refractivity contribution in [3.8, 4) is 0 Å². The lowest BCUT2D eigenvalue weighted by atomic mass is 10.2. The van der Waals surface area contributed by atoms with E-state index in [1.165, 1.54) is 0 Å². The van der Waals surface area contributed by atoms with E-state index in [0.29, 0.717) is 6.42 Å². The van der Waals surface area contributed by atoms with E-state index >= 15 is 0 Å². The van der Waals surface area contributed by atoms with Crippen molar-refractivity contribution in [1.82, 2.24) is 0 Å². The monoisotopic (exact) mass is 207 g/mol. The quantitative estimate of drug-likeness (QED) is 0.621. The van der Waals surface area contributed by atoms with Gasteiger partial charge in [0.15, 0.2) is 3.79 Å². The Morgan fingerprint density at radius 2 is 1.73 bits per heavy atom. The summed E-state index contributed by atoms with van der Waals surface area (Å²) in [7, 11) is 0. The Hall–Kier alpha value is 0.0900. The van der Waals surface area contributed by atoms with Crippen LogP contribution in [0, 0.1) is 6.07 Å². The molecule has 1 radical (unpaired) electrons. The minimum Gasteiger partial charge on any atom is -0.0833 e. The van der Waals surface area contributed by atoms with Gasteiger partial charge in [0.25, 0.3) is 0 Å². The van der Waals surface area contributed by atoms with E-state index in [1.54, 1.807) is 12.1 Å². The van der Waals surface area contributed by atoms with Gasteiger partial charge in [-0.3, -0.25) is 0 Å². The molecule has 0 spiro atoms. The van der Waals surface area contributed by atoms with Crippen LogP contribution >= 0.6 is 34.8 Å². The second-order valence-electron chi connectivity index (χ2n) is 2.20. The molecule has 1 rings (SSSR count). The van der Waals surface area contributed by atoms with Gasteiger partial charge in [-0.15, -0.1) is 0 Å². The normalized spacial score (nSPS) is 11.5. The molecule has 0 unspecified atom stereocenters. The molecule has 0 fully saturated rings. The summed E-state index contributed by atoms with van der Waals surface area (Å²) in [5.41, 5.74) is 1.00. The molecule has 0 amide bonds. The molecule has 3 heteroatoms. The van der Waals surface area contributed by atoms with E-state index in [0.717, 1.165) is 5.56 Å². The number of alkyl halides is 3. The smallest absolute Gasteiger partial charge is 0.0833 e. The predicted molar refractivity (Wildman–Crippen MR) is 49.3 cm³/mol. The number of halogens is 3. The number of rotatable bonds is 1. The summed E-state index contributed by atoms with van der Waals surface area (Å²) in [5.74, 6) is 0. The average molecular weight is 208 g/mol. The van der Waals surface area contributed by atoms with E-state index in [1.807, 2.05) is 12.1 Å². The number of hydrogen-bond donors (Lipinski definition) is 0. The molecule has 0 saturated carbocycles. The highest BCUT2D eigenvalue weighted by Crippen LogP contribution is 2.29. The summed E-state index contributed by atoms with van der Waals surface area (Å²) >= 11 is 16.8. The lowest BCUT2D eigenvalue weighted by Crippen LogP contribution is -2.06. The van der Waals surface area contributed by atoms with E-state index in [2.05, 4.69) is 6.07 Å². The molecule has 0 aliphatic rings. The van der Waals surface area contributed by atoms with Crippen LogP contribution in [0.2, 0.25) is 0 Å². The van der Waals surface area contributed by atoms with Crippen LogP contribution in [-0.2, 0) is 6.42 Å². The Morgan fingerprint density at radius 1 is 1.18 bits per heavy atom. The Labute approximate surface area is 81.1 Å². The molecule has 0 aliphatic heterocycles. The van der Waals surface area contributed by atoms with Crippen LogP contribution in [0.15, 0.2) is 24.3 Å². The fourth-order valence-corrected chi connectivity index (χ4v) is 1.23. The van der Waals surface area contributed by atoms with Crippen molar-refractivity contribution in [1.29, 1.82) is 0 Å². The molecule has 0 saturated heterocycles. The zero-order valence-corrected chi connectivity index (χ0v) is 7.92. The molecule has 11 heavy (non-hydrogen) atoms. The number of benzene rings is 1. The highest BCUT2D eigenvalue weighted by molar-refractivity contribution is 6.67. The SMILES string of the molecule is ClC(Cl)(Cl)Cc1cc[c]cc1. The molecule has 0 N–H and O–H groups in total. The van der Waals surface area contributed by atoms with Crippen LogP contribution in [0.25, 0.3) is 0 Å². The molecule has 0 nitrogen and oxygen atoms in total. The van der Waals surface area contributed by atoms with Gasteiger partial charge in [0.05, 0.1) is 0 Å². The first kappa shape index (κ1) is 9.18. The molecule has 0 heterocycles. The van der Waals surface area contributed by atoms with Crippen LogP contribution in [0.1, 0.15) is 5.56 Å². The highest BCUT2D eigenvalue weighted by Gasteiger charge is 2.19. The fourth-order valence-electron chi connectivity index (χ4n) is 0.771. The lowest BCUT2D eigenvalue weighted by molar-refractivity contribution is 1.02. The first-order valence-electron chi connectivity index (χ1n) is 3.10. The summed E-state index contributed by atoms with van der Waals surface area (Å²) in [6.07, 6.45) is 0.437. The third-order valence-electron chi connectivity index (χ3n) is 1.19. The van der Waals surface area contributed by atoms with Gasteiger partial charge in [-0.05, 0) is 11.6 Å². The summed E-state index contributed by atoms with van der Waals surface area (Å²) in [4.78, 5) is 0. The van der Waals surface area contributed by atoms with Crippen molar-refractivity contribution in [2.75, 3.05) is 0 Å². The van der Waals surface area contributed by atoms with Crippen molar-refractivity contribution in [3.05, 3.63) is 35.9 Å².